The largest absolute Gasteiger partial charge is 0.439 e. The van der Waals surface area contributed by atoms with E-state index in [1.54, 1.807) is 0 Å². The molecule has 114 valence electrons. The van der Waals surface area contributed by atoms with E-state index in [0.29, 0.717) is 0 Å². The number of hydrogen-bond acceptors (Lipinski definition) is 4. The fraction of sp³-hybridized carbons (Fsp3) is 0.643. The SMILES string of the molecule is CC(C)(C)CC(C)(C)CC(=O)c1ccc(S(=O)(=O)O)o1. The van der Waals surface area contributed by atoms with Crippen LogP contribution in [0.25, 0.3) is 0 Å². The van der Waals surface area contributed by atoms with Crippen LogP contribution >= 0.6 is 0 Å². The van der Waals surface area contributed by atoms with E-state index in [2.05, 4.69) is 20.8 Å². The summed E-state index contributed by atoms with van der Waals surface area (Å²) < 4.78 is 35.5. The maximum absolute atomic E-state index is 12.1. The van der Waals surface area contributed by atoms with Crippen LogP contribution in [0.2, 0.25) is 0 Å². The Bertz CT molecular complexity index is 587. The Labute approximate surface area is 120 Å². The van der Waals surface area contributed by atoms with E-state index in [1.165, 1.54) is 6.07 Å². The molecule has 6 heteroatoms. The van der Waals surface area contributed by atoms with E-state index < -0.39 is 15.2 Å². The monoisotopic (exact) mass is 302 g/mol. The molecule has 0 saturated heterocycles. The molecule has 0 fully saturated rings. The predicted molar refractivity (Wildman–Crippen MR) is 75.3 cm³/mol. The first kappa shape index (κ1) is 16.9. The number of rotatable bonds is 5. The van der Waals surface area contributed by atoms with Crippen molar-refractivity contribution in [2.24, 2.45) is 10.8 Å². The lowest BCUT2D eigenvalue weighted by molar-refractivity contribution is 0.0864. The zero-order valence-corrected chi connectivity index (χ0v) is 13.4. The maximum Gasteiger partial charge on any atom is 0.328 e. The Kier molecular flexibility index (Phi) is 4.51. The van der Waals surface area contributed by atoms with Crippen molar-refractivity contribution in [1.29, 1.82) is 0 Å². The minimum absolute atomic E-state index is 0.0420. The molecule has 0 saturated carbocycles. The quantitative estimate of drug-likeness (QED) is 0.664. The second-order valence-electron chi connectivity index (χ2n) is 7.10. The molecular formula is C14H22O5S. The first-order valence-corrected chi connectivity index (χ1v) is 7.85. The van der Waals surface area contributed by atoms with Crippen LogP contribution in [0.15, 0.2) is 21.6 Å². The van der Waals surface area contributed by atoms with Crippen molar-refractivity contribution in [2.75, 3.05) is 0 Å². The zero-order valence-electron chi connectivity index (χ0n) is 12.6. The predicted octanol–water partition coefficient (Wildman–Crippen LogP) is 3.56. The van der Waals surface area contributed by atoms with Gasteiger partial charge in [0.15, 0.2) is 11.5 Å². The van der Waals surface area contributed by atoms with Gasteiger partial charge in [0, 0.05) is 6.42 Å². The van der Waals surface area contributed by atoms with E-state index in [9.17, 15) is 13.2 Å². The number of carbonyl (C=O) groups is 1. The highest BCUT2D eigenvalue weighted by Gasteiger charge is 2.29. The lowest BCUT2D eigenvalue weighted by Gasteiger charge is -2.31. The molecule has 20 heavy (non-hydrogen) atoms. The molecule has 0 unspecified atom stereocenters. The van der Waals surface area contributed by atoms with Gasteiger partial charge >= 0.3 is 10.1 Å². The molecule has 1 aromatic heterocycles. The standard InChI is InChI=1S/C14H22O5S/c1-13(2,3)9-14(4,5)8-10(15)11-6-7-12(19-11)20(16,17)18/h6-7H,8-9H2,1-5H3,(H,16,17,18). The maximum atomic E-state index is 12.1. The Balaban J connectivity index is 2.84. The van der Waals surface area contributed by atoms with Gasteiger partial charge in [-0.1, -0.05) is 34.6 Å². The average molecular weight is 302 g/mol. The van der Waals surface area contributed by atoms with E-state index in [4.69, 9.17) is 8.97 Å². The third-order valence-corrected chi connectivity index (χ3v) is 3.49. The second kappa shape index (κ2) is 5.33. The van der Waals surface area contributed by atoms with Crippen molar-refractivity contribution in [1.82, 2.24) is 0 Å². The first-order valence-electron chi connectivity index (χ1n) is 6.41. The van der Waals surface area contributed by atoms with Gasteiger partial charge in [0.1, 0.15) is 0 Å². The summed E-state index contributed by atoms with van der Waals surface area (Å²) >= 11 is 0. The molecule has 1 aromatic rings. The van der Waals surface area contributed by atoms with Crippen LogP contribution in [0.3, 0.4) is 0 Å². The number of furan rings is 1. The van der Waals surface area contributed by atoms with Crippen LogP contribution in [-0.2, 0) is 10.1 Å². The summed E-state index contributed by atoms with van der Waals surface area (Å²) in [5.74, 6) is -0.311. The smallest absolute Gasteiger partial charge is 0.328 e. The summed E-state index contributed by atoms with van der Waals surface area (Å²) in [6.07, 6.45) is 1.10. The minimum atomic E-state index is -4.41. The Morgan fingerprint density at radius 1 is 1.20 bits per heavy atom. The Morgan fingerprint density at radius 3 is 2.15 bits per heavy atom. The van der Waals surface area contributed by atoms with Crippen molar-refractivity contribution in [3.05, 3.63) is 17.9 Å². The molecule has 0 amide bonds. The van der Waals surface area contributed by atoms with E-state index in [-0.39, 0.29) is 28.8 Å². The number of carbonyl (C=O) groups excluding carboxylic acids is 1. The van der Waals surface area contributed by atoms with E-state index in [1.807, 2.05) is 13.8 Å². The molecule has 0 spiro atoms. The molecule has 0 aromatic carbocycles. The summed E-state index contributed by atoms with van der Waals surface area (Å²) in [5, 5.41) is -0.602. The molecule has 1 rings (SSSR count). The fourth-order valence-corrected chi connectivity index (χ4v) is 3.06. The van der Waals surface area contributed by atoms with Crippen molar-refractivity contribution in [3.63, 3.8) is 0 Å². The molecule has 0 aliphatic carbocycles. The normalized spacial score (nSPS) is 13.5. The Morgan fingerprint density at radius 2 is 1.75 bits per heavy atom. The topological polar surface area (TPSA) is 84.6 Å². The summed E-state index contributed by atoms with van der Waals surface area (Å²) in [7, 11) is -4.41. The summed E-state index contributed by atoms with van der Waals surface area (Å²) in [6.45, 7) is 10.3. The molecule has 5 nitrogen and oxygen atoms in total. The van der Waals surface area contributed by atoms with Gasteiger partial charge in [0.25, 0.3) is 0 Å². The van der Waals surface area contributed by atoms with E-state index >= 15 is 0 Å². The van der Waals surface area contributed by atoms with Gasteiger partial charge in [-0.3, -0.25) is 9.35 Å². The third-order valence-electron chi connectivity index (χ3n) is 2.76. The zero-order chi connectivity index (χ0) is 15.8. The average Bonchev–Trinajstić information content (AvgIpc) is 2.59. The van der Waals surface area contributed by atoms with Crippen LogP contribution in [0.1, 0.15) is 58.0 Å². The van der Waals surface area contributed by atoms with Crippen LogP contribution in [-0.4, -0.2) is 18.8 Å². The summed E-state index contributed by atoms with van der Waals surface area (Å²) in [6, 6.07) is 2.36. The van der Waals surface area contributed by atoms with Gasteiger partial charge in [-0.25, -0.2) is 0 Å². The molecule has 0 aliphatic rings. The van der Waals surface area contributed by atoms with Crippen LogP contribution < -0.4 is 0 Å². The van der Waals surface area contributed by atoms with Gasteiger partial charge in [0.2, 0.25) is 5.09 Å². The summed E-state index contributed by atoms with van der Waals surface area (Å²) in [4.78, 5) is 12.1. The number of ketones is 1. The van der Waals surface area contributed by atoms with Crippen LogP contribution in [0.4, 0.5) is 0 Å². The van der Waals surface area contributed by atoms with Gasteiger partial charge in [0.05, 0.1) is 0 Å². The van der Waals surface area contributed by atoms with Crippen molar-refractivity contribution >= 4 is 15.9 Å². The first-order chi connectivity index (χ1) is 8.80. The lowest BCUT2D eigenvalue weighted by atomic mass is 9.73. The van der Waals surface area contributed by atoms with Gasteiger partial charge in [-0.2, -0.15) is 8.42 Å². The molecule has 1 heterocycles. The van der Waals surface area contributed by atoms with Gasteiger partial charge in [-0.15, -0.1) is 0 Å². The fourth-order valence-electron chi connectivity index (χ4n) is 2.63. The van der Waals surface area contributed by atoms with E-state index in [0.717, 1.165) is 12.5 Å². The van der Waals surface area contributed by atoms with Crippen molar-refractivity contribution in [2.45, 2.75) is 52.6 Å². The third kappa shape index (κ3) is 5.09. The second-order valence-corrected chi connectivity index (χ2v) is 8.45. The summed E-state index contributed by atoms with van der Waals surface area (Å²) in [5.41, 5.74) is -0.132. The van der Waals surface area contributed by atoms with Gasteiger partial charge in [-0.05, 0) is 29.4 Å². The van der Waals surface area contributed by atoms with Crippen molar-refractivity contribution < 1.29 is 22.2 Å². The molecular weight excluding hydrogens is 280 g/mol. The van der Waals surface area contributed by atoms with Gasteiger partial charge < -0.3 is 4.42 Å². The number of Topliss-reactive ketones (excluding diaryl/α,β-unsaturated/α-hetero) is 1. The van der Waals surface area contributed by atoms with Crippen LogP contribution in [0.5, 0.6) is 0 Å². The number of hydrogen-bond donors (Lipinski definition) is 1. The molecule has 0 aliphatic heterocycles. The van der Waals surface area contributed by atoms with Crippen LogP contribution in [0, 0.1) is 10.8 Å². The molecule has 0 bridgehead atoms. The minimum Gasteiger partial charge on any atom is -0.439 e. The highest BCUT2D eigenvalue weighted by Crippen LogP contribution is 2.36. The molecule has 0 atom stereocenters. The van der Waals surface area contributed by atoms with Crippen molar-refractivity contribution in [3.8, 4) is 0 Å². The Hall–Kier alpha value is -1.14. The highest BCUT2D eigenvalue weighted by atomic mass is 32.2. The lowest BCUT2D eigenvalue weighted by Crippen LogP contribution is -2.23. The molecule has 0 radical (unpaired) electrons. The highest BCUT2D eigenvalue weighted by molar-refractivity contribution is 7.85. The molecule has 1 N–H and O–H groups in total.